The van der Waals surface area contributed by atoms with Crippen LogP contribution in [0.4, 0.5) is 0 Å². The van der Waals surface area contributed by atoms with E-state index in [2.05, 4.69) is 0 Å². The smallest absolute Gasteiger partial charge is 0.347 e. The summed E-state index contributed by atoms with van der Waals surface area (Å²) in [7, 11) is -1.63. The molecule has 31 heavy (non-hydrogen) atoms. The summed E-state index contributed by atoms with van der Waals surface area (Å²) in [4.78, 5) is 26.4. The van der Waals surface area contributed by atoms with Crippen LogP contribution in [0.15, 0.2) is 52.9 Å². The van der Waals surface area contributed by atoms with Gasteiger partial charge >= 0.3 is 16.1 Å². The molecule has 166 valence electrons. The molecule has 2 aromatic rings. The van der Waals surface area contributed by atoms with Gasteiger partial charge in [0.1, 0.15) is 4.90 Å². The molecule has 1 amide bonds. The minimum absolute atomic E-state index is 0.0139. The lowest BCUT2D eigenvalue weighted by molar-refractivity contribution is -0.141. The SMILES string of the molecule is CCOC(=O)C(C(=O)N(C)C)=C(OS(=O)(=O)c1ccc(C)cc1)c1ccc(Cl)cc1Cl. The summed E-state index contributed by atoms with van der Waals surface area (Å²) in [5.74, 6) is -2.43. The largest absolute Gasteiger partial charge is 0.462 e. The van der Waals surface area contributed by atoms with Gasteiger partial charge in [-0.15, -0.1) is 0 Å². The summed E-state index contributed by atoms with van der Waals surface area (Å²) in [5, 5.41) is 0.251. The Bertz CT molecular complexity index is 1130. The van der Waals surface area contributed by atoms with Crippen LogP contribution >= 0.6 is 23.2 Å². The highest BCUT2D eigenvalue weighted by Gasteiger charge is 2.32. The van der Waals surface area contributed by atoms with E-state index in [-0.39, 0.29) is 27.1 Å². The van der Waals surface area contributed by atoms with Crippen LogP contribution in [0.1, 0.15) is 18.1 Å². The van der Waals surface area contributed by atoms with Crippen molar-refractivity contribution in [2.24, 2.45) is 0 Å². The molecule has 2 aromatic carbocycles. The van der Waals surface area contributed by atoms with Crippen LogP contribution in [0, 0.1) is 6.92 Å². The van der Waals surface area contributed by atoms with Gasteiger partial charge in [0, 0.05) is 24.7 Å². The molecular formula is C21H21Cl2NO6S. The van der Waals surface area contributed by atoms with Gasteiger partial charge in [0.05, 0.1) is 11.6 Å². The van der Waals surface area contributed by atoms with Crippen LogP contribution in [0.2, 0.25) is 10.0 Å². The van der Waals surface area contributed by atoms with Crippen LogP contribution in [0.5, 0.6) is 0 Å². The van der Waals surface area contributed by atoms with Crippen LogP contribution in [-0.2, 0) is 28.6 Å². The van der Waals surface area contributed by atoms with E-state index in [1.807, 2.05) is 0 Å². The van der Waals surface area contributed by atoms with Crippen molar-refractivity contribution in [2.75, 3.05) is 20.7 Å². The molecule has 0 radical (unpaired) electrons. The van der Waals surface area contributed by atoms with E-state index in [0.29, 0.717) is 0 Å². The minimum Gasteiger partial charge on any atom is -0.462 e. The summed E-state index contributed by atoms with van der Waals surface area (Å²) >= 11 is 12.2. The van der Waals surface area contributed by atoms with Gasteiger partial charge in [0.25, 0.3) is 5.91 Å². The topological polar surface area (TPSA) is 90.0 Å². The Morgan fingerprint density at radius 2 is 1.65 bits per heavy atom. The molecule has 0 heterocycles. The highest BCUT2D eigenvalue weighted by Crippen LogP contribution is 2.33. The van der Waals surface area contributed by atoms with Crippen molar-refractivity contribution in [1.29, 1.82) is 0 Å². The number of rotatable bonds is 7. The maximum atomic E-state index is 13.0. The predicted octanol–water partition coefficient (Wildman–Crippen LogP) is 4.07. The van der Waals surface area contributed by atoms with Crippen molar-refractivity contribution in [3.63, 3.8) is 0 Å². The van der Waals surface area contributed by atoms with E-state index in [1.54, 1.807) is 26.0 Å². The average molecular weight is 486 g/mol. The molecule has 0 aromatic heterocycles. The highest BCUT2D eigenvalue weighted by atomic mass is 35.5. The minimum atomic E-state index is -4.43. The van der Waals surface area contributed by atoms with Crippen LogP contribution in [0.3, 0.4) is 0 Å². The lowest BCUT2D eigenvalue weighted by atomic mass is 10.1. The lowest BCUT2D eigenvalue weighted by Gasteiger charge is -2.19. The maximum Gasteiger partial charge on any atom is 0.347 e. The Morgan fingerprint density at radius 3 is 2.16 bits per heavy atom. The first-order chi connectivity index (χ1) is 14.5. The third kappa shape index (κ3) is 6.00. The molecule has 0 saturated carbocycles. The Hall–Kier alpha value is -2.55. The molecule has 0 bridgehead atoms. The fraction of sp³-hybridized carbons (Fsp3) is 0.238. The zero-order valence-electron chi connectivity index (χ0n) is 17.3. The molecule has 0 unspecified atom stereocenters. The number of carbonyl (C=O) groups excluding carboxylic acids is 2. The molecule has 0 fully saturated rings. The Morgan fingerprint density at radius 1 is 1.03 bits per heavy atom. The number of carbonyl (C=O) groups is 2. The molecule has 2 rings (SSSR count). The predicted molar refractivity (Wildman–Crippen MR) is 118 cm³/mol. The van der Waals surface area contributed by atoms with Gasteiger partial charge in [0.15, 0.2) is 11.3 Å². The van der Waals surface area contributed by atoms with Gasteiger partial charge in [0.2, 0.25) is 0 Å². The second-order valence-electron chi connectivity index (χ2n) is 6.60. The summed E-state index contributed by atoms with van der Waals surface area (Å²) in [6, 6.07) is 9.99. The summed E-state index contributed by atoms with van der Waals surface area (Å²) in [5.41, 5.74) is 0.206. The standard InChI is InChI=1S/C21H21Cl2NO6S/c1-5-29-21(26)18(20(25)24(3)4)19(16-11-8-14(22)12-17(16)23)30-31(27,28)15-9-6-13(2)7-10-15/h6-12H,5H2,1-4H3. The number of likely N-dealkylation sites (N-methyl/N-ethyl adjacent to an activating group) is 1. The normalized spacial score (nSPS) is 12.1. The average Bonchev–Trinajstić information content (AvgIpc) is 2.68. The van der Waals surface area contributed by atoms with Crippen molar-refractivity contribution in [3.05, 3.63) is 69.2 Å². The molecular weight excluding hydrogens is 465 g/mol. The number of ether oxygens (including phenoxy) is 1. The van der Waals surface area contributed by atoms with E-state index in [0.717, 1.165) is 10.5 Å². The fourth-order valence-electron chi connectivity index (χ4n) is 2.46. The van der Waals surface area contributed by atoms with Gasteiger partial charge in [-0.3, -0.25) is 4.79 Å². The molecule has 0 aliphatic carbocycles. The van der Waals surface area contributed by atoms with Crippen molar-refractivity contribution < 1.29 is 26.9 Å². The number of amides is 1. The van der Waals surface area contributed by atoms with Crippen LogP contribution < -0.4 is 0 Å². The first-order valence-electron chi connectivity index (χ1n) is 9.07. The van der Waals surface area contributed by atoms with E-state index in [4.69, 9.17) is 32.1 Å². The number of esters is 1. The summed E-state index contributed by atoms with van der Waals surface area (Å²) in [6.45, 7) is 3.30. The number of benzene rings is 2. The number of nitrogens with zero attached hydrogens (tertiary/aromatic N) is 1. The lowest BCUT2D eigenvalue weighted by Crippen LogP contribution is -2.30. The Labute approximate surface area is 191 Å². The molecule has 10 heteroatoms. The molecule has 0 atom stereocenters. The fourth-order valence-corrected chi connectivity index (χ4v) is 3.91. The first kappa shape index (κ1) is 24.7. The number of hydrogen-bond donors (Lipinski definition) is 0. The van der Waals surface area contributed by atoms with Crippen molar-refractivity contribution >= 4 is 51.0 Å². The highest BCUT2D eigenvalue weighted by molar-refractivity contribution is 7.87. The van der Waals surface area contributed by atoms with E-state index >= 15 is 0 Å². The molecule has 0 saturated heterocycles. The summed E-state index contributed by atoms with van der Waals surface area (Å²) in [6.07, 6.45) is 0. The Balaban J connectivity index is 2.80. The molecule has 0 aliphatic heterocycles. The van der Waals surface area contributed by atoms with Gasteiger partial charge in [-0.05, 0) is 44.2 Å². The molecule has 7 nitrogen and oxygen atoms in total. The summed E-state index contributed by atoms with van der Waals surface area (Å²) < 4.78 is 36.3. The van der Waals surface area contributed by atoms with Gasteiger partial charge in [-0.25, -0.2) is 4.79 Å². The van der Waals surface area contributed by atoms with Gasteiger partial charge in [-0.1, -0.05) is 40.9 Å². The van der Waals surface area contributed by atoms with Gasteiger partial charge in [-0.2, -0.15) is 8.42 Å². The van der Waals surface area contributed by atoms with Gasteiger partial charge < -0.3 is 13.8 Å². The van der Waals surface area contributed by atoms with Crippen molar-refractivity contribution in [1.82, 2.24) is 4.90 Å². The number of halogens is 2. The van der Waals surface area contributed by atoms with E-state index in [9.17, 15) is 18.0 Å². The van der Waals surface area contributed by atoms with Crippen LogP contribution in [0.25, 0.3) is 5.76 Å². The number of aryl methyl sites for hydroxylation is 1. The Kier molecular flexibility index (Phi) is 8.11. The number of hydrogen-bond acceptors (Lipinski definition) is 6. The third-order valence-corrected chi connectivity index (χ3v) is 5.79. The molecule has 0 spiro atoms. The van der Waals surface area contributed by atoms with E-state index < -0.39 is 33.3 Å². The second-order valence-corrected chi connectivity index (χ2v) is 8.99. The van der Waals surface area contributed by atoms with Crippen LogP contribution in [-0.4, -0.2) is 45.9 Å². The second kappa shape index (κ2) is 10.2. The molecule has 0 aliphatic rings. The third-order valence-electron chi connectivity index (χ3n) is 4.01. The molecule has 0 N–H and O–H groups in total. The quantitative estimate of drug-likeness (QED) is 0.146. The first-order valence-corrected chi connectivity index (χ1v) is 11.2. The monoisotopic (exact) mass is 485 g/mol. The van der Waals surface area contributed by atoms with E-state index in [1.165, 1.54) is 44.4 Å². The zero-order chi connectivity index (χ0) is 23.3. The van der Waals surface area contributed by atoms with Crippen molar-refractivity contribution in [3.8, 4) is 0 Å². The van der Waals surface area contributed by atoms with Crippen molar-refractivity contribution in [2.45, 2.75) is 18.7 Å². The maximum absolute atomic E-state index is 13.0. The zero-order valence-corrected chi connectivity index (χ0v) is 19.6.